The van der Waals surface area contributed by atoms with Crippen LogP contribution in [-0.2, 0) is 13.6 Å². The molecule has 0 spiro atoms. The van der Waals surface area contributed by atoms with Gasteiger partial charge in [-0.05, 0) is 24.6 Å². The van der Waals surface area contributed by atoms with Crippen LogP contribution in [0.3, 0.4) is 0 Å². The molecule has 0 fully saturated rings. The summed E-state index contributed by atoms with van der Waals surface area (Å²) < 4.78 is 2.31. The number of benzene rings is 1. The van der Waals surface area contributed by atoms with Gasteiger partial charge in [-0.25, -0.2) is 9.97 Å². The molecule has 1 aromatic carbocycles. The molecule has 140 valence electrons. The van der Waals surface area contributed by atoms with Crippen molar-refractivity contribution in [3.05, 3.63) is 62.0 Å². The van der Waals surface area contributed by atoms with Crippen molar-refractivity contribution in [1.82, 2.24) is 29.6 Å². The normalized spacial score (nSPS) is 10.8. The molecule has 2 heterocycles. The van der Waals surface area contributed by atoms with Crippen LogP contribution in [-0.4, -0.2) is 35.3 Å². The lowest BCUT2D eigenvalue weighted by Crippen LogP contribution is -2.30. The van der Waals surface area contributed by atoms with E-state index in [1.807, 2.05) is 0 Å². The van der Waals surface area contributed by atoms with Gasteiger partial charge in [0.25, 0.3) is 11.5 Å². The standard InChI is InChI=1S/C16H14Cl2N6O3/c1-8-20-7-24(22-8)16-21-12(13(25)15(27)23(16)2)14(26)19-6-9-3-4-10(17)11(18)5-9/h3-5,7,25H,6H2,1-2H3,(H,19,26). The van der Waals surface area contributed by atoms with E-state index < -0.39 is 22.9 Å². The molecule has 1 amide bonds. The first-order chi connectivity index (χ1) is 12.8. The summed E-state index contributed by atoms with van der Waals surface area (Å²) in [7, 11) is 1.40. The third kappa shape index (κ3) is 3.79. The van der Waals surface area contributed by atoms with Gasteiger partial charge >= 0.3 is 0 Å². The predicted molar refractivity (Wildman–Crippen MR) is 98.4 cm³/mol. The molecule has 0 bridgehead atoms. The van der Waals surface area contributed by atoms with Gasteiger partial charge in [-0.3, -0.25) is 14.2 Å². The molecule has 0 unspecified atom stereocenters. The SMILES string of the molecule is Cc1ncn(-c2nc(C(=O)NCc3ccc(Cl)c(Cl)c3)c(O)c(=O)n2C)n1. The molecule has 3 rings (SSSR count). The van der Waals surface area contributed by atoms with Crippen LogP contribution in [0.25, 0.3) is 5.95 Å². The highest BCUT2D eigenvalue weighted by atomic mass is 35.5. The summed E-state index contributed by atoms with van der Waals surface area (Å²) in [6.45, 7) is 1.77. The fourth-order valence-corrected chi connectivity index (χ4v) is 2.62. The smallest absolute Gasteiger partial charge is 0.297 e. The Labute approximate surface area is 163 Å². The lowest BCUT2D eigenvalue weighted by Gasteiger charge is -2.11. The van der Waals surface area contributed by atoms with Gasteiger partial charge in [0.05, 0.1) is 10.0 Å². The minimum absolute atomic E-state index is 0.0399. The number of aromatic hydroxyl groups is 1. The highest BCUT2D eigenvalue weighted by Gasteiger charge is 2.21. The number of hydrogen-bond donors (Lipinski definition) is 2. The first-order valence-electron chi connectivity index (χ1n) is 7.68. The van der Waals surface area contributed by atoms with Crippen molar-refractivity contribution >= 4 is 29.1 Å². The molecule has 0 saturated carbocycles. The Balaban J connectivity index is 1.91. The molecule has 11 heteroatoms. The minimum atomic E-state index is -0.784. The van der Waals surface area contributed by atoms with Crippen LogP contribution in [0.5, 0.6) is 5.75 Å². The van der Waals surface area contributed by atoms with Crippen LogP contribution in [0, 0.1) is 6.92 Å². The van der Waals surface area contributed by atoms with Gasteiger partial charge in [0.2, 0.25) is 11.7 Å². The Morgan fingerprint density at radius 1 is 1.30 bits per heavy atom. The number of hydrogen-bond acceptors (Lipinski definition) is 6. The van der Waals surface area contributed by atoms with Crippen molar-refractivity contribution in [2.75, 3.05) is 0 Å². The zero-order chi connectivity index (χ0) is 19.7. The molecule has 0 aliphatic heterocycles. The number of rotatable bonds is 4. The van der Waals surface area contributed by atoms with Crippen molar-refractivity contribution in [1.29, 1.82) is 0 Å². The molecular formula is C16H14Cl2N6O3. The topological polar surface area (TPSA) is 115 Å². The fourth-order valence-electron chi connectivity index (χ4n) is 2.30. The van der Waals surface area contributed by atoms with E-state index in [4.69, 9.17) is 23.2 Å². The lowest BCUT2D eigenvalue weighted by atomic mass is 10.2. The van der Waals surface area contributed by atoms with Crippen molar-refractivity contribution in [3.63, 3.8) is 0 Å². The fraction of sp³-hybridized carbons (Fsp3) is 0.188. The third-order valence-electron chi connectivity index (χ3n) is 3.71. The second-order valence-corrected chi connectivity index (χ2v) is 6.46. The van der Waals surface area contributed by atoms with Crippen molar-refractivity contribution in [2.24, 2.45) is 7.05 Å². The summed E-state index contributed by atoms with van der Waals surface area (Å²) in [6, 6.07) is 4.89. The molecule has 0 atom stereocenters. The molecule has 27 heavy (non-hydrogen) atoms. The molecular weight excluding hydrogens is 395 g/mol. The second-order valence-electron chi connectivity index (χ2n) is 5.64. The summed E-state index contributed by atoms with van der Waals surface area (Å²) in [6.07, 6.45) is 1.35. The lowest BCUT2D eigenvalue weighted by molar-refractivity contribution is 0.0942. The maximum atomic E-state index is 12.5. The van der Waals surface area contributed by atoms with E-state index in [0.29, 0.717) is 21.4 Å². The number of nitrogens with zero attached hydrogens (tertiary/aromatic N) is 5. The average Bonchev–Trinajstić information content (AvgIpc) is 3.07. The molecule has 9 nitrogen and oxygen atoms in total. The number of carbonyl (C=O) groups excluding carboxylic acids is 1. The molecule has 0 saturated heterocycles. The van der Waals surface area contributed by atoms with Gasteiger partial charge in [0.1, 0.15) is 12.2 Å². The van der Waals surface area contributed by atoms with E-state index in [2.05, 4.69) is 20.4 Å². The number of aromatic nitrogens is 5. The van der Waals surface area contributed by atoms with Crippen LogP contribution in [0.2, 0.25) is 10.0 Å². The molecule has 0 aliphatic carbocycles. The van der Waals surface area contributed by atoms with E-state index in [-0.39, 0.29) is 12.5 Å². The number of halogens is 2. The number of nitrogens with one attached hydrogen (secondary N) is 1. The van der Waals surface area contributed by atoms with Crippen LogP contribution in [0.1, 0.15) is 21.9 Å². The summed E-state index contributed by atoms with van der Waals surface area (Å²) in [5.74, 6) is -0.986. The van der Waals surface area contributed by atoms with Gasteiger partial charge in [-0.1, -0.05) is 29.3 Å². The highest BCUT2D eigenvalue weighted by Crippen LogP contribution is 2.22. The average molecular weight is 409 g/mol. The monoisotopic (exact) mass is 408 g/mol. The zero-order valence-electron chi connectivity index (χ0n) is 14.3. The van der Waals surface area contributed by atoms with Gasteiger partial charge in [0, 0.05) is 13.6 Å². The van der Waals surface area contributed by atoms with Crippen LogP contribution >= 0.6 is 23.2 Å². The maximum Gasteiger partial charge on any atom is 0.297 e. The molecule has 2 N–H and O–H groups in total. The summed E-state index contributed by atoms with van der Waals surface area (Å²) in [4.78, 5) is 32.7. The van der Waals surface area contributed by atoms with E-state index >= 15 is 0 Å². The van der Waals surface area contributed by atoms with E-state index in [0.717, 1.165) is 4.57 Å². The maximum absolute atomic E-state index is 12.5. The zero-order valence-corrected chi connectivity index (χ0v) is 15.8. The minimum Gasteiger partial charge on any atom is -0.501 e. The highest BCUT2D eigenvalue weighted by molar-refractivity contribution is 6.42. The molecule has 2 aromatic heterocycles. The van der Waals surface area contributed by atoms with Gasteiger partial charge in [0.15, 0.2) is 5.69 Å². The Morgan fingerprint density at radius 2 is 2.04 bits per heavy atom. The first-order valence-corrected chi connectivity index (χ1v) is 8.44. The van der Waals surface area contributed by atoms with E-state index in [1.54, 1.807) is 25.1 Å². The van der Waals surface area contributed by atoms with Crippen molar-refractivity contribution in [2.45, 2.75) is 13.5 Å². The van der Waals surface area contributed by atoms with Crippen molar-refractivity contribution in [3.8, 4) is 11.7 Å². The largest absolute Gasteiger partial charge is 0.501 e. The first kappa shape index (κ1) is 18.9. The number of amides is 1. The van der Waals surface area contributed by atoms with Gasteiger partial charge in [-0.2, -0.15) is 4.68 Å². The van der Waals surface area contributed by atoms with Crippen molar-refractivity contribution < 1.29 is 9.90 Å². The van der Waals surface area contributed by atoms with Gasteiger partial charge in [-0.15, -0.1) is 5.10 Å². The molecule has 3 aromatic rings. The number of aryl methyl sites for hydroxylation is 1. The number of carbonyl (C=O) groups is 1. The Morgan fingerprint density at radius 3 is 2.67 bits per heavy atom. The third-order valence-corrected chi connectivity index (χ3v) is 4.45. The molecule has 0 radical (unpaired) electrons. The summed E-state index contributed by atoms with van der Waals surface area (Å²) in [5.41, 5.74) is -0.512. The van der Waals surface area contributed by atoms with Crippen LogP contribution in [0.4, 0.5) is 0 Å². The van der Waals surface area contributed by atoms with Gasteiger partial charge < -0.3 is 10.4 Å². The van der Waals surface area contributed by atoms with E-state index in [9.17, 15) is 14.7 Å². The molecule has 0 aliphatic rings. The quantitative estimate of drug-likeness (QED) is 0.677. The van der Waals surface area contributed by atoms with Crippen LogP contribution < -0.4 is 10.9 Å². The summed E-state index contributed by atoms with van der Waals surface area (Å²) in [5, 5.41) is 17.4. The Hall–Kier alpha value is -2.91. The van der Waals surface area contributed by atoms with E-state index in [1.165, 1.54) is 18.1 Å². The summed E-state index contributed by atoms with van der Waals surface area (Å²) >= 11 is 11.8. The second kappa shape index (κ2) is 7.37. The Kier molecular flexibility index (Phi) is 5.15. The Bertz CT molecular complexity index is 1090. The predicted octanol–water partition coefficient (Wildman–Crippen LogP) is 1.61. The van der Waals surface area contributed by atoms with Crippen LogP contribution in [0.15, 0.2) is 29.3 Å².